The van der Waals surface area contributed by atoms with Crippen molar-refractivity contribution in [3.05, 3.63) is 112 Å². The second-order valence-corrected chi connectivity index (χ2v) is 8.68. The van der Waals surface area contributed by atoms with Crippen LogP contribution in [0.1, 0.15) is 18.1 Å². The molecule has 0 bridgehead atoms. The van der Waals surface area contributed by atoms with Gasteiger partial charge in [-0.05, 0) is 60.5 Å². The van der Waals surface area contributed by atoms with Gasteiger partial charge in [-0.25, -0.2) is 4.79 Å². The van der Waals surface area contributed by atoms with Crippen molar-refractivity contribution in [1.29, 1.82) is 0 Å². The number of carbonyl (C=O) groups excluding carboxylic acids is 3. The molecular formula is C29H25ClN2O5. The number of halogens is 1. The van der Waals surface area contributed by atoms with Crippen molar-refractivity contribution in [2.75, 3.05) is 18.6 Å². The summed E-state index contributed by atoms with van der Waals surface area (Å²) in [7, 11) is 1.24. The third-order valence-corrected chi connectivity index (χ3v) is 6.01. The second kappa shape index (κ2) is 11.6. The number of allylic oxidation sites excluding steroid dienone is 2. The highest BCUT2D eigenvalue weighted by atomic mass is 35.5. The van der Waals surface area contributed by atoms with E-state index >= 15 is 0 Å². The van der Waals surface area contributed by atoms with Crippen molar-refractivity contribution >= 4 is 41.0 Å². The molecule has 0 saturated carbocycles. The second-order valence-electron chi connectivity index (χ2n) is 8.24. The first kappa shape index (κ1) is 25.7. The number of hydrogen-bond donors (Lipinski definition) is 1. The number of anilines is 1. The van der Waals surface area contributed by atoms with Crippen LogP contribution in [-0.2, 0) is 25.7 Å². The molecule has 3 aromatic carbocycles. The van der Waals surface area contributed by atoms with Crippen LogP contribution in [0, 0.1) is 0 Å². The van der Waals surface area contributed by atoms with E-state index in [0.717, 1.165) is 5.56 Å². The number of rotatable bonds is 8. The van der Waals surface area contributed by atoms with Crippen LogP contribution in [0.5, 0.6) is 5.75 Å². The van der Waals surface area contributed by atoms with Gasteiger partial charge in [-0.3, -0.25) is 9.59 Å². The van der Waals surface area contributed by atoms with Crippen molar-refractivity contribution < 1.29 is 23.9 Å². The predicted octanol–water partition coefficient (Wildman–Crippen LogP) is 4.91. The van der Waals surface area contributed by atoms with Crippen molar-refractivity contribution in [2.24, 2.45) is 0 Å². The average molecular weight is 517 g/mol. The molecule has 0 spiro atoms. The van der Waals surface area contributed by atoms with Gasteiger partial charge in [-0.2, -0.15) is 0 Å². The van der Waals surface area contributed by atoms with E-state index in [1.165, 1.54) is 7.11 Å². The number of ether oxygens (including phenoxy) is 2. The molecule has 0 radical (unpaired) electrons. The Bertz CT molecular complexity index is 1360. The molecule has 7 nitrogen and oxygen atoms in total. The summed E-state index contributed by atoms with van der Waals surface area (Å²) < 4.78 is 10.4. The van der Waals surface area contributed by atoms with E-state index < -0.39 is 11.8 Å². The Kier molecular flexibility index (Phi) is 8.05. The van der Waals surface area contributed by atoms with Gasteiger partial charge in [0.2, 0.25) is 5.78 Å². The zero-order valence-corrected chi connectivity index (χ0v) is 21.1. The van der Waals surface area contributed by atoms with E-state index in [4.69, 9.17) is 21.1 Å². The van der Waals surface area contributed by atoms with Gasteiger partial charge >= 0.3 is 5.97 Å². The van der Waals surface area contributed by atoms with Crippen molar-refractivity contribution in [2.45, 2.75) is 13.5 Å². The van der Waals surface area contributed by atoms with Gasteiger partial charge in [0.15, 0.2) is 6.61 Å². The van der Waals surface area contributed by atoms with Crippen LogP contribution in [0.3, 0.4) is 0 Å². The molecule has 37 heavy (non-hydrogen) atoms. The number of carbonyl (C=O) groups is 3. The minimum absolute atomic E-state index is 0.0230. The average Bonchev–Trinajstić information content (AvgIpc) is 3.16. The molecule has 0 saturated heterocycles. The van der Waals surface area contributed by atoms with Gasteiger partial charge in [-0.15, -0.1) is 0 Å². The van der Waals surface area contributed by atoms with Crippen LogP contribution in [0.25, 0.3) is 6.08 Å². The SMILES string of the molecule is COC(=O)C1=C(C)N(c2ccc(Cl)cc2)/C(=C\c2ccc(OCC(=O)NCc3ccccc3)cc2)C1=O. The Balaban J connectivity index is 1.48. The molecule has 8 heteroatoms. The summed E-state index contributed by atoms with van der Waals surface area (Å²) in [4.78, 5) is 39.4. The Labute approximate surface area is 219 Å². The van der Waals surface area contributed by atoms with Gasteiger partial charge in [0, 0.05) is 23.0 Å². The fraction of sp³-hybridized carbons (Fsp3) is 0.138. The van der Waals surface area contributed by atoms with Crippen LogP contribution < -0.4 is 15.0 Å². The standard InChI is InChI=1S/C29H25ClN2O5/c1-19-27(29(35)36-2)28(34)25(32(19)23-12-10-22(30)11-13-23)16-20-8-14-24(15-9-20)37-18-26(33)31-17-21-6-4-3-5-7-21/h3-16H,17-18H2,1-2H3,(H,31,33)/b25-16-. The highest BCUT2D eigenvalue weighted by molar-refractivity contribution is 6.31. The van der Waals surface area contributed by atoms with Crippen LogP contribution in [0.4, 0.5) is 5.69 Å². The lowest BCUT2D eigenvalue weighted by Crippen LogP contribution is -2.28. The molecule has 0 aliphatic carbocycles. The molecule has 0 unspecified atom stereocenters. The first-order valence-electron chi connectivity index (χ1n) is 11.5. The molecule has 1 amide bonds. The van der Waals surface area contributed by atoms with Crippen LogP contribution in [0.2, 0.25) is 5.02 Å². The lowest BCUT2D eigenvalue weighted by Gasteiger charge is -2.21. The predicted molar refractivity (Wildman–Crippen MR) is 142 cm³/mol. The quantitative estimate of drug-likeness (QED) is 0.260. The zero-order valence-electron chi connectivity index (χ0n) is 20.4. The maximum Gasteiger partial charge on any atom is 0.343 e. The van der Waals surface area contributed by atoms with Crippen LogP contribution >= 0.6 is 11.6 Å². The molecule has 4 rings (SSSR count). The molecule has 0 atom stereocenters. The van der Waals surface area contributed by atoms with Crippen molar-refractivity contribution in [3.8, 4) is 5.75 Å². The fourth-order valence-corrected chi connectivity index (χ4v) is 4.02. The first-order valence-corrected chi connectivity index (χ1v) is 11.9. The van der Waals surface area contributed by atoms with Crippen molar-refractivity contribution in [1.82, 2.24) is 5.32 Å². The molecule has 1 aliphatic rings. The maximum absolute atomic E-state index is 13.2. The zero-order chi connectivity index (χ0) is 26.4. The van der Waals surface area contributed by atoms with Gasteiger partial charge in [-0.1, -0.05) is 54.1 Å². The van der Waals surface area contributed by atoms with Crippen molar-refractivity contribution in [3.63, 3.8) is 0 Å². The minimum Gasteiger partial charge on any atom is -0.484 e. The molecule has 3 aromatic rings. The normalized spacial score (nSPS) is 14.2. The minimum atomic E-state index is -0.695. The number of methoxy groups -OCH3 is 1. The first-order chi connectivity index (χ1) is 17.9. The van der Waals surface area contributed by atoms with E-state index in [1.807, 2.05) is 30.3 Å². The summed E-state index contributed by atoms with van der Waals surface area (Å²) >= 11 is 6.03. The Morgan fingerprint density at radius 3 is 2.30 bits per heavy atom. The topological polar surface area (TPSA) is 84.9 Å². The number of nitrogens with one attached hydrogen (secondary N) is 1. The number of nitrogens with zero attached hydrogens (tertiary/aromatic N) is 1. The van der Waals surface area contributed by atoms with Gasteiger partial charge < -0.3 is 19.7 Å². The Morgan fingerprint density at radius 2 is 1.65 bits per heavy atom. The third kappa shape index (κ3) is 6.08. The van der Waals surface area contributed by atoms with E-state index in [2.05, 4.69) is 5.32 Å². The maximum atomic E-state index is 13.2. The number of amides is 1. The van der Waals surface area contributed by atoms with Crippen LogP contribution in [-0.4, -0.2) is 31.4 Å². The summed E-state index contributed by atoms with van der Waals surface area (Å²) in [5.74, 6) is -0.857. The number of benzene rings is 3. The van der Waals surface area contributed by atoms with E-state index in [-0.39, 0.29) is 18.1 Å². The molecule has 1 N–H and O–H groups in total. The lowest BCUT2D eigenvalue weighted by molar-refractivity contribution is -0.137. The molecule has 0 fully saturated rings. The van der Waals surface area contributed by atoms with Crippen LogP contribution in [0.15, 0.2) is 95.8 Å². The summed E-state index contributed by atoms with van der Waals surface area (Å²) in [5.41, 5.74) is 3.14. The fourth-order valence-electron chi connectivity index (χ4n) is 3.90. The van der Waals surface area contributed by atoms with Gasteiger partial charge in [0.05, 0.1) is 12.8 Å². The molecule has 1 aliphatic heterocycles. The van der Waals surface area contributed by atoms with Gasteiger partial charge in [0.1, 0.15) is 11.3 Å². The smallest absolute Gasteiger partial charge is 0.343 e. The summed E-state index contributed by atoms with van der Waals surface area (Å²) in [6, 6.07) is 23.5. The summed E-state index contributed by atoms with van der Waals surface area (Å²) in [6.07, 6.45) is 1.69. The molecule has 0 aromatic heterocycles. The summed E-state index contributed by atoms with van der Waals surface area (Å²) in [5, 5.41) is 3.37. The third-order valence-electron chi connectivity index (χ3n) is 5.76. The monoisotopic (exact) mass is 516 g/mol. The highest BCUT2D eigenvalue weighted by Crippen LogP contribution is 2.36. The number of ketones is 1. The van der Waals surface area contributed by atoms with E-state index in [9.17, 15) is 14.4 Å². The Morgan fingerprint density at radius 1 is 0.973 bits per heavy atom. The lowest BCUT2D eigenvalue weighted by atomic mass is 10.1. The number of hydrogen-bond acceptors (Lipinski definition) is 6. The molecule has 1 heterocycles. The highest BCUT2D eigenvalue weighted by Gasteiger charge is 2.38. The van der Waals surface area contributed by atoms with E-state index in [1.54, 1.807) is 66.4 Å². The van der Waals surface area contributed by atoms with Gasteiger partial charge in [0.25, 0.3) is 5.91 Å². The number of Topliss-reactive ketones (excluding diaryl/α,β-unsaturated/α-hetero) is 1. The molecule has 188 valence electrons. The number of esters is 1. The summed E-state index contributed by atoms with van der Waals surface area (Å²) in [6.45, 7) is 2.00. The largest absolute Gasteiger partial charge is 0.484 e. The Hall–Kier alpha value is -4.36. The van der Waals surface area contributed by atoms with E-state index in [0.29, 0.717) is 40.0 Å². The molecular weight excluding hydrogens is 492 g/mol.